The van der Waals surface area contributed by atoms with Gasteiger partial charge in [0, 0.05) is 36.0 Å². The smallest absolute Gasteiger partial charge is 0.387 e. The van der Waals surface area contributed by atoms with Crippen LogP contribution in [0.5, 0.6) is 17.2 Å². The lowest BCUT2D eigenvalue weighted by atomic mass is 10.1. The van der Waals surface area contributed by atoms with Gasteiger partial charge in [0.2, 0.25) is 5.91 Å². The van der Waals surface area contributed by atoms with Gasteiger partial charge in [0.25, 0.3) is 5.91 Å². The molecular formula is C21H20F4N2O5. The van der Waals surface area contributed by atoms with Crippen molar-refractivity contribution in [3.8, 4) is 17.2 Å². The number of hydrogen-bond acceptors (Lipinski definition) is 5. The maximum absolute atomic E-state index is 12.6. The first-order chi connectivity index (χ1) is 15.3. The monoisotopic (exact) mass is 456 g/mol. The molecule has 2 N–H and O–H groups in total. The zero-order valence-electron chi connectivity index (χ0n) is 16.8. The van der Waals surface area contributed by atoms with Crippen molar-refractivity contribution in [2.24, 2.45) is 0 Å². The number of anilines is 1. The van der Waals surface area contributed by atoms with Crippen LogP contribution in [0.2, 0.25) is 0 Å². The van der Waals surface area contributed by atoms with Gasteiger partial charge in [-0.25, -0.2) is 0 Å². The van der Waals surface area contributed by atoms with E-state index in [1.54, 1.807) is 25.1 Å². The predicted octanol–water partition coefficient (Wildman–Crippen LogP) is 4.06. The molecule has 0 aliphatic rings. The third kappa shape index (κ3) is 8.54. The van der Waals surface area contributed by atoms with Gasteiger partial charge in [-0.2, -0.15) is 17.6 Å². The summed E-state index contributed by atoms with van der Waals surface area (Å²) < 4.78 is 63.7. The van der Waals surface area contributed by atoms with E-state index in [-0.39, 0.29) is 23.8 Å². The molecule has 0 atom stereocenters. The fraction of sp³-hybridized carbons (Fsp3) is 0.238. The fourth-order valence-corrected chi connectivity index (χ4v) is 2.44. The summed E-state index contributed by atoms with van der Waals surface area (Å²) in [6.45, 7) is -4.29. The van der Waals surface area contributed by atoms with Crippen LogP contribution >= 0.6 is 0 Å². The highest BCUT2D eigenvalue weighted by Crippen LogP contribution is 2.28. The maximum Gasteiger partial charge on any atom is 0.387 e. The number of rotatable bonds is 11. The number of halogens is 4. The Kier molecular flexibility index (Phi) is 9.33. The Balaban J connectivity index is 2.05. The fourth-order valence-electron chi connectivity index (χ4n) is 2.44. The summed E-state index contributed by atoms with van der Waals surface area (Å²) in [6, 6.07) is 9.45. The van der Waals surface area contributed by atoms with Gasteiger partial charge in [0.15, 0.2) is 6.61 Å². The molecule has 0 saturated heterocycles. The zero-order chi connectivity index (χ0) is 23.5. The van der Waals surface area contributed by atoms with Crippen LogP contribution in [-0.2, 0) is 9.59 Å². The molecule has 2 amide bonds. The molecule has 0 heterocycles. The Morgan fingerprint density at radius 1 is 1.00 bits per heavy atom. The minimum atomic E-state index is -3.21. The van der Waals surface area contributed by atoms with Crippen LogP contribution in [0.25, 0.3) is 6.08 Å². The van der Waals surface area contributed by atoms with Crippen LogP contribution in [0.3, 0.4) is 0 Å². The van der Waals surface area contributed by atoms with Gasteiger partial charge in [0.1, 0.15) is 17.2 Å². The molecular weight excluding hydrogens is 436 g/mol. The Morgan fingerprint density at radius 3 is 2.44 bits per heavy atom. The number of nitrogens with one attached hydrogen (secondary N) is 2. The number of carbonyl (C=O) groups excluding carboxylic acids is 2. The average Bonchev–Trinajstić information content (AvgIpc) is 2.71. The van der Waals surface area contributed by atoms with Crippen molar-refractivity contribution in [1.29, 1.82) is 0 Å². The number of benzene rings is 2. The highest BCUT2D eigenvalue weighted by Gasteiger charge is 2.12. The normalized spacial score (nSPS) is 11.0. The second-order valence-electron chi connectivity index (χ2n) is 6.05. The lowest BCUT2D eigenvalue weighted by Gasteiger charge is -2.11. The first kappa shape index (κ1) is 24.5. The number of alkyl halides is 4. The van der Waals surface area contributed by atoms with E-state index in [0.29, 0.717) is 18.0 Å². The second kappa shape index (κ2) is 12.2. The van der Waals surface area contributed by atoms with Gasteiger partial charge < -0.3 is 24.8 Å². The molecule has 0 saturated carbocycles. The van der Waals surface area contributed by atoms with E-state index in [0.717, 1.165) is 18.2 Å². The van der Waals surface area contributed by atoms with Crippen LogP contribution in [0.15, 0.2) is 48.5 Å². The molecule has 0 radical (unpaired) electrons. The van der Waals surface area contributed by atoms with Crippen molar-refractivity contribution in [2.45, 2.75) is 20.1 Å². The van der Waals surface area contributed by atoms with Crippen LogP contribution in [-0.4, -0.2) is 38.2 Å². The summed E-state index contributed by atoms with van der Waals surface area (Å²) in [5.74, 6) is -1.37. The molecule has 2 aromatic rings. The lowest BCUT2D eigenvalue weighted by Crippen LogP contribution is -2.28. The van der Waals surface area contributed by atoms with Crippen molar-refractivity contribution >= 4 is 23.6 Å². The van der Waals surface area contributed by atoms with Crippen molar-refractivity contribution in [2.75, 3.05) is 18.5 Å². The van der Waals surface area contributed by atoms with Crippen molar-refractivity contribution in [1.82, 2.24) is 5.32 Å². The highest BCUT2D eigenvalue weighted by atomic mass is 19.3. The molecule has 7 nitrogen and oxygen atoms in total. The van der Waals surface area contributed by atoms with E-state index in [4.69, 9.17) is 4.74 Å². The van der Waals surface area contributed by atoms with Gasteiger partial charge in [-0.1, -0.05) is 6.07 Å². The van der Waals surface area contributed by atoms with E-state index in [1.165, 1.54) is 18.2 Å². The van der Waals surface area contributed by atoms with Gasteiger partial charge in [-0.15, -0.1) is 0 Å². The van der Waals surface area contributed by atoms with Gasteiger partial charge in [0.05, 0.1) is 0 Å². The summed E-state index contributed by atoms with van der Waals surface area (Å²) >= 11 is 0. The van der Waals surface area contributed by atoms with Crippen molar-refractivity contribution in [3.63, 3.8) is 0 Å². The minimum absolute atomic E-state index is 0.0427. The van der Waals surface area contributed by atoms with Gasteiger partial charge >= 0.3 is 13.2 Å². The predicted molar refractivity (Wildman–Crippen MR) is 108 cm³/mol. The number of ether oxygens (including phenoxy) is 3. The number of amides is 2. The topological polar surface area (TPSA) is 85.9 Å². The molecule has 0 unspecified atom stereocenters. The molecule has 32 heavy (non-hydrogen) atoms. The highest BCUT2D eigenvalue weighted by molar-refractivity contribution is 6.02. The van der Waals surface area contributed by atoms with E-state index < -0.39 is 24.9 Å². The average molecular weight is 456 g/mol. The summed E-state index contributed by atoms with van der Waals surface area (Å²) in [4.78, 5) is 23.6. The van der Waals surface area contributed by atoms with Crippen LogP contribution < -0.4 is 24.8 Å². The standard InChI is InChI=1S/C21H20F4N2O5/c1-2-26-19(29)12-30-15-5-3-4-14(10-15)27-18(28)9-7-13-6-8-16(31-20(22)23)11-17(13)32-21(24)25/h3-11,20-21H,2,12H2,1H3,(H,26,29)(H,27,28)/b9-7+. The van der Waals surface area contributed by atoms with Crippen molar-refractivity contribution in [3.05, 3.63) is 54.1 Å². The zero-order valence-corrected chi connectivity index (χ0v) is 16.8. The molecule has 0 spiro atoms. The molecule has 0 aliphatic heterocycles. The Hall–Kier alpha value is -3.76. The molecule has 0 aliphatic carbocycles. The van der Waals surface area contributed by atoms with Crippen LogP contribution in [0.4, 0.5) is 23.2 Å². The molecule has 172 valence electrons. The molecule has 0 aromatic heterocycles. The lowest BCUT2D eigenvalue weighted by molar-refractivity contribution is -0.123. The van der Waals surface area contributed by atoms with Crippen molar-refractivity contribution < 1.29 is 41.4 Å². The van der Waals surface area contributed by atoms with E-state index in [9.17, 15) is 27.2 Å². The summed E-state index contributed by atoms with van der Waals surface area (Å²) in [7, 11) is 0. The maximum atomic E-state index is 12.6. The quantitative estimate of drug-likeness (QED) is 0.394. The van der Waals surface area contributed by atoms with Gasteiger partial charge in [-0.05, 0) is 37.3 Å². The van der Waals surface area contributed by atoms with Crippen LogP contribution in [0.1, 0.15) is 12.5 Å². The van der Waals surface area contributed by atoms with Crippen LogP contribution in [0, 0.1) is 0 Å². The SMILES string of the molecule is CCNC(=O)COc1cccc(NC(=O)/C=C/c2ccc(OC(F)F)cc2OC(F)F)c1. The Labute approximate surface area is 181 Å². The summed E-state index contributed by atoms with van der Waals surface area (Å²) in [5.41, 5.74) is 0.402. The Bertz CT molecular complexity index is 954. The van der Waals surface area contributed by atoms with E-state index >= 15 is 0 Å². The number of carbonyl (C=O) groups is 2. The molecule has 2 aromatic carbocycles. The third-order valence-electron chi connectivity index (χ3n) is 3.69. The number of hydrogen-bond donors (Lipinski definition) is 2. The minimum Gasteiger partial charge on any atom is -0.484 e. The first-order valence-corrected chi connectivity index (χ1v) is 9.29. The molecule has 11 heteroatoms. The first-order valence-electron chi connectivity index (χ1n) is 9.29. The molecule has 0 fully saturated rings. The van der Waals surface area contributed by atoms with Gasteiger partial charge in [-0.3, -0.25) is 9.59 Å². The summed E-state index contributed by atoms with van der Waals surface area (Å²) in [6.07, 6.45) is 2.22. The summed E-state index contributed by atoms with van der Waals surface area (Å²) in [5, 5.41) is 5.12. The largest absolute Gasteiger partial charge is 0.484 e. The molecule has 0 bridgehead atoms. The second-order valence-corrected chi connectivity index (χ2v) is 6.05. The van der Waals surface area contributed by atoms with E-state index in [1.807, 2.05) is 0 Å². The Morgan fingerprint density at radius 2 is 1.75 bits per heavy atom. The number of likely N-dealkylation sites (N-methyl/N-ethyl adjacent to an activating group) is 1. The van der Waals surface area contributed by atoms with E-state index in [2.05, 4.69) is 20.1 Å². The molecule has 2 rings (SSSR count). The third-order valence-corrected chi connectivity index (χ3v) is 3.69.